The van der Waals surface area contributed by atoms with E-state index in [1.54, 1.807) is 0 Å². The van der Waals surface area contributed by atoms with Gasteiger partial charge in [0.15, 0.2) is 5.82 Å². The van der Waals surface area contributed by atoms with Crippen LogP contribution in [0.3, 0.4) is 0 Å². The summed E-state index contributed by atoms with van der Waals surface area (Å²) in [5, 5.41) is 0. The number of alkyl halides is 2. The highest BCUT2D eigenvalue weighted by Gasteiger charge is 2.17. The third kappa shape index (κ3) is 2.68. The summed E-state index contributed by atoms with van der Waals surface area (Å²) < 4.78 is 41.9. The number of esters is 1. The highest BCUT2D eigenvalue weighted by molar-refractivity contribution is 5.89. The van der Waals surface area contributed by atoms with E-state index in [1.165, 1.54) is 6.92 Å². The second-order valence-corrected chi connectivity index (χ2v) is 2.61. The van der Waals surface area contributed by atoms with Crippen LogP contribution in [0, 0.1) is 5.82 Å². The van der Waals surface area contributed by atoms with Crippen LogP contribution >= 0.6 is 0 Å². The van der Waals surface area contributed by atoms with Crippen molar-refractivity contribution in [3.63, 3.8) is 0 Å². The van der Waals surface area contributed by atoms with Crippen molar-refractivity contribution in [2.75, 3.05) is 6.61 Å². The van der Waals surface area contributed by atoms with Crippen LogP contribution in [-0.2, 0) is 4.74 Å². The molecule has 0 aromatic carbocycles. The Hall–Kier alpha value is -1.59. The van der Waals surface area contributed by atoms with E-state index >= 15 is 0 Å². The van der Waals surface area contributed by atoms with E-state index in [2.05, 4.69) is 9.72 Å². The quantitative estimate of drug-likeness (QED) is 0.732. The molecule has 0 atom stereocenters. The number of carbonyl (C=O) groups is 1. The van der Waals surface area contributed by atoms with Gasteiger partial charge in [-0.1, -0.05) is 0 Å². The van der Waals surface area contributed by atoms with Crippen LogP contribution in [0.15, 0.2) is 12.3 Å². The molecular formula is C9H8F3NO2. The van der Waals surface area contributed by atoms with Crippen LogP contribution in [0.25, 0.3) is 0 Å². The third-order valence-corrected chi connectivity index (χ3v) is 1.60. The SMILES string of the molecule is CCOC(=O)c1cc(C(F)F)ncc1F. The van der Waals surface area contributed by atoms with Gasteiger partial charge in [-0.05, 0) is 13.0 Å². The average Bonchev–Trinajstić information content (AvgIpc) is 2.18. The molecule has 6 heteroatoms. The van der Waals surface area contributed by atoms with Crippen molar-refractivity contribution >= 4 is 5.97 Å². The Kier molecular flexibility index (Phi) is 3.65. The Morgan fingerprint density at radius 2 is 2.27 bits per heavy atom. The summed E-state index contributed by atoms with van der Waals surface area (Å²) in [6, 6.07) is 0.692. The molecule has 15 heavy (non-hydrogen) atoms. The second-order valence-electron chi connectivity index (χ2n) is 2.61. The van der Waals surface area contributed by atoms with Crippen molar-refractivity contribution in [3.05, 3.63) is 29.3 Å². The summed E-state index contributed by atoms with van der Waals surface area (Å²) in [4.78, 5) is 14.3. The smallest absolute Gasteiger partial charge is 0.341 e. The molecule has 0 radical (unpaired) electrons. The van der Waals surface area contributed by atoms with Crippen molar-refractivity contribution in [1.29, 1.82) is 0 Å². The lowest BCUT2D eigenvalue weighted by molar-refractivity contribution is 0.0520. The Balaban J connectivity index is 3.05. The fourth-order valence-corrected chi connectivity index (χ4v) is 0.939. The van der Waals surface area contributed by atoms with Crippen LogP contribution in [0.4, 0.5) is 13.2 Å². The Labute approximate surface area is 83.9 Å². The lowest BCUT2D eigenvalue weighted by Gasteiger charge is -2.04. The number of hydrogen-bond donors (Lipinski definition) is 0. The van der Waals surface area contributed by atoms with E-state index in [4.69, 9.17) is 0 Å². The van der Waals surface area contributed by atoms with Crippen LogP contribution in [-0.4, -0.2) is 17.6 Å². The molecule has 82 valence electrons. The molecule has 0 spiro atoms. The number of nitrogens with zero attached hydrogens (tertiary/aromatic N) is 1. The van der Waals surface area contributed by atoms with Crippen molar-refractivity contribution in [1.82, 2.24) is 4.98 Å². The first-order chi connectivity index (χ1) is 7.06. The van der Waals surface area contributed by atoms with Gasteiger partial charge in [0.05, 0.1) is 18.4 Å². The van der Waals surface area contributed by atoms with E-state index in [1.807, 2.05) is 0 Å². The van der Waals surface area contributed by atoms with Gasteiger partial charge < -0.3 is 4.74 Å². The minimum Gasteiger partial charge on any atom is -0.462 e. The molecule has 0 saturated carbocycles. The number of rotatable bonds is 3. The molecule has 3 nitrogen and oxygen atoms in total. The normalized spacial score (nSPS) is 10.5. The zero-order valence-electron chi connectivity index (χ0n) is 7.84. The molecule has 0 aliphatic heterocycles. The summed E-state index contributed by atoms with van der Waals surface area (Å²) in [6.07, 6.45) is -2.27. The summed E-state index contributed by atoms with van der Waals surface area (Å²) in [5.41, 5.74) is -1.18. The summed E-state index contributed by atoms with van der Waals surface area (Å²) in [5.74, 6) is -1.95. The molecule has 0 fully saturated rings. The topological polar surface area (TPSA) is 39.2 Å². The van der Waals surface area contributed by atoms with Gasteiger partial charge in [0.25, 0.3) is 6.43 Å². The van der Waals surface area contributed by atoms with Gasteiger partial charge in [-0.2, -0.15) is 0 Å². The summed E-state index contributed by atoms with van der Waals surface area (Å²) in [7, 11) is 0. The van der Waals surface area contributed by atoms with E-state index in [-0.39, 0.29) is 6.61 Å². The number of halogens is 3. The molecular weight excluding hydrogens is 211 g/mol. The fraction of sp³-hybridized carbons (Fsp3) is 0.333. The largest absolute Gasteiger partial charge is 0.462 e. The van der Waals surface area contributed by atoms with Gasteiger partial charge in [0, 0.05) is 0 Å². The van der Waals surface area contributed by atoms with Crippen LogP contribution in [0.1, 0.15) is 29.4 Å². The van der Waals surface area contributed by atoms with Gasteiger partial charge in [0.1, 0.15) is 5.69 Å². The zero-order valence-corrected chi connectivity index (χ0v) is 7.84. The average molecular weight is 219 g/mol. The van der Waals surface area contributed by atoms with E-state index in [0.29, 0.717) is 12.3 Å². The number of pyridine rings is 1. The maximum atomic E-state index is 13.0. The van der Waals surface area contributed by atoms with Gasteiger partial charge in [-0.15, -0.1) is 0 Å². The molecule has 0 aliphatic carbocycles. The predicted molar refractivity (Wildman–Crippen MR) is 45.1 cm³/mol. The molecule has 1 aromatic heterocycles. The number of carbonyl (C=O) groups excluding carboxylic acids is 1. The molecule has 0 N–H and O–H groups in total. The minimum atomic E-state index is -2.85. The van der Waals surface area contributed by atoms with E-state index in [9.17, 15) is 18.0 Å². The van der Waals surface area contributed by atoms with Crippen molar-refractivity contribution in [3.8, 4) is 0 Å². The van der Waals surface area contributed by atoms with Crippen LogP contribution < -0.4 is 0 Å². The Morgan fingerprint density at radius 3 is 2.80 bits per heavy atom. The summed E-state index contributed by atoms with van der Waals surface area (Å²) >= 11 is 0. The first kappa shape index (κ1) is 11.5. The highest BCUT2D eigenvalue weighted by Crippen LogP contribution is 2.19. The molecule has 0 amide bonds. The maximum absolute atomic E-state index is 13.0. The number of ether oxygens (including phenoxy) is 1. The lowest BCUT2D eigenvalue weighted by atomic mass is 10.2. The monoisotopic (exact) mass is 219 g/mol. The zero-order chi connectivity index (χ0) is 11.4. The van der Waals surface area contributed by atoms with Gasteiger partial charge in [0.2, 0.25) is 0 Å². The fourth-order valence-electron chi connectivity index (χ4n) is 0.939. The molecule has 1 heterocycles. The van der Waals surface area contributed by atoms with Crippen molar-refractivity contribution < 1.29 is 22.7 Å². The maximum Gasteiger partial charge on any atom is 0.341 e. The van der Waals surface area contributed by atoms with Crippen molar-refractivity contribution in [2.24, 2.45) is 0 Å². The van der Waals surface area contributed by atoms with Gasteiger partial charge in [-0.3, -0.25) is 4.98 Å². The van der Waals surface area contributed by atoms with Gasteiger partial charge >= 0.3 is 5.97 Å². The standard InChI is InChI=1S/C9H8F3NO2/c1-2-15-9(14)5-3-7(8(11)12)13-4-6(5)10/h3-4,8H,2H2,1H3. The summed E-state index contributed by atoms with van der Waals surface area (Å²) in [6.45, 7) is 1.58. The predicted octanol–water partition coefficient (Wildman–Crippen LogP) is 2.33. The molecule has 0 saturated heterocycles. The molecule has 1 rings (SSSR count). The van der Waals surface area contributed by atoms with Crippen LogP contribution in [0.2, 0.25) is 0 Å². The third-order valence-electron chi connectivity index (χ3n) is 1.60. The van der Waals surface area contributed by atoms with E-state index < -0.39 is 29.5 Å². The molecule has 0 unspecified atom stereocenters. The Bertz CT molecular complexity index is 368. The Morgan fingerprint density at radius 1 is 1.60 bits per heavy atom. The second kappa shape index (κ2) is 4.77. The van der Waals surface area contributed by atoms with E-state index in [0.717, 1.165) is 0 Å². The molecule has 0 bridgehead atoms. The first-order valence-electron chi connectivity index (χ1n) is 4.17. The van der Waals surface area contributed by atoms with Gasteiger partial charge in [-0.25, -0.2) is 18.0 Å². The number of aromatic nitrogens is 1. The van der Waals surface area contributed by atoms with Crippen LogP contribution in [0.5, 0.6) is 0 Å². The highest BCUT2D eigenvalue weighted by atomic mass is 19.3. The van der Waals surface area contributed by atoms with Crippen molar-refractivity contribution in [2.45, 2.75) is 13.3 Å². The minimum absolute atomic E-state index is 0.0462. The number of hydrogen-bond acceptors (Lipinski definition) is 3. The lowest BCUT2D eigenvalue weighted by Crippen LogP contribution is -2.09. The molecule has 0 aliphatic rings. The first-order valence-corrected chi connectivity index (χ1v) is 4.17. The molecule has 1 aromatic rings.